The topological polar surface area (TPSA) is 85.4 Å². The number of hydrogen-bond donors (Lipinski definition) is 0. The minimum Gasteiger partial charge on any atom is -0.465 e. The monoisotopic (exact) mass is 386 g/mol. The normalized spacial score (nSPS) is 31.5. The van der Waals surface area contributed by atoms with Crippen LogP contribution in [-0.4, -0.2) is 63.4 Å². The summed E-state index contributed by atoms with van der Waals surface area (Å²) in [5, 5.41) is 0. The number of morpholine rings is 1. The van der Waals surface area contributed by atoms with Gasteiger partial charge in [-0.1, -0.05) is 0 Å². The highest BCUT2D eigenvalue weighted by Crippen LogP contribution is 2.49. The molecular weight excluding hydrogens is 364 g/mol. The number of esters is 1. The van der Waals surface area contributed by atoms with Crippen LogP contribution in [0.5, 0.6) is 0 Å². The second-order valence-electron chi connectivity index (χ2n) is 7.65. The molecule has 28 heavy (non-hydrogen) atoms. The Labute approximate surface area is 162 Å². The molecule has 5 rings (SSSR count). The van der Waals surface area contributed by atoms with E-state index in [9.17, 15) is 14.4 Å². The average molecular weight is 386 g/mol. The molecule has 4 fully saturated rings. The van der Waals surface area contributed by atoms with E-state index < -0.39 is 17.8 Å². The number of anilines is 2. The van der Waals surface area contributed by atoms with Crippen LogP contribution < -0.4 is 9.80 Å². The maximum absolute atomic E-state index is 13.0. The molecule has 8 heteroatoms. The number of imide groups is 1. The van der Waals surface area contributed by atoms with Gasteiger partial charge in [-0.2, -0.15) is 0 Å². The summed E-state index contributed by atoms with van der Waals surface area (Å²) >= 11 is 0. The molecule has 0 saturated carbocycles. The second kappa shape index (κ2) is 6.56. The van der Waals surface area contributed by atoms with Gasteiger partial charge in [0.2, 0.25) is 11.8 Å². The predicted molar refractivity (Wildman–Crippen MR) is 98.2 cm³/mol. The molecule has 0 aromatic heterocycles. The summed E-state index contributed by atoms with van der Waals surface area (Å²) in [6.07, 6.45) is 1.32. The molecule has 4 aliphatic rings. The van der Waals surface area contributed by atoms with Gasteiger partial charge in [0.05, 0.1) is 61.3 Å². The number of ether oxygens (including phenoxy) is 3. The molecule has 4 heterocycles. The molecule has 0 N–H and O–H groups in total. The van der Waals surface area contributed by atoms with E-state index in [1.54, 1.807) is 18.2 Å². The summed E-state index contributed by atoms with van der Waals surface area (Å²) in [5.74, 6) is -1.74. The molecule has 2 bridgehead atoms. The van der Waals surface area contributed by atoms with Crippen molar-refractivity contribution in [2.45, 2.75) is 25.0 Å². The van der Waals surface area contributed by atoms with Crippen molar-refractivity contribution in [3.05, 3.63) is 23.8 Å². The Balaban J connectivity index is 1.51. The maximum Gasteiger partial charge on any atom is 0.340 e. The number of hydrogen-bond acceptors (Lipinski definition) is 7. The van der Waals surface area contributed by atoms with Crippen molar-refractivity contribution < 1.29 is 28.6 Å². The zero-order valence-corrected chi connectivity index (χ0v) is 15.6. The molecule has 4 unspecified atom stereocenters. The molecule has 4 saturated heterocycles. The third-order valence-corrected chi connectivity index (χ3v) is 6.28. The van der Waals surface area contributed by atoms with Crippen LogP contribution >= 0.6 is 0 Å². The highest BCUT2D eigenvalue weighted by atomic mass is 16.5. The molecule has 8 nitrogen and oxygen atoms in total. The minimum absolute atomic E-state index is 0.163. The van der Waals surface area contributed by atoms with E-state index >= 15 is 0 Å². The molecule has 2 amide bonds. The molecule has 0 spiro atoms. The highest BCUT2D eigenvalue weighted by molar-refractivity contribution is 6.23. The summed E-state index contributed by atoms with van der Waals surface area (Å²) in [4.78, 5) is 41.7. The number of carbonyl (C=O) groups is 3. The third kappa shape index (κ3) is 2.48. The Morgan fingerprint density at radius 1 is 1.07 bits per heavy atom. The summed E-state index contributed by atoms with van der Waals surface area (Å²) in [6.45, 7) is 2.49. The Morgan fingerprint density at radius 3 is 2.32 bits per heavy atom. The fourth-order valence-corrected chi connectivity index (χ4v) is 4.98. The third-order valence-electron chi connectivity index (χ3n) is 6.28. The van der Waals surface area contributed by atoms with Gasteiger partial charge >= 0.3 is 5.97 Å². The van der Waals surface area contributed by atoms with Crippen molar-refractivity contribution in [3.63, 3.8) is 0 Å². The Kier molecular flexibility index (Phi) is 4.13. The second-order valence-corrected chi connectivity index (χ2v) is 7.65. The van der Waals surface area contributed by atoms with Crippen molar-refractivity contribution in [1.82, 2.24) is 0 Å². The Morgan fingerprint density at radius 2 is 1.71 bits per heavy atom. The lowest BCUT2D eigenvalue weighted by Crippen LogP contribution is -2.37. The molecule has 1 aromatic rings. The summed E-state index contributed by atoms with van der Waals surface area (Å²) in [5.41, 5.74) is 1.49. The van der Waals surface area contributed by atoms with Gasteiger partial charge < -0.3 is 19.1 Å². The fourth-order valence-electron chi connectivity index (χ4n) is 4.98. The number of rotatable bonds is 3. The molecule has 4 atom stereocenters. The van der Waals surface area contributed by atoms with Gasteiger partial charge in [0.25, 0.3) is 0 Å². The first-order valence-corrected chi connectivity index (χ1v) is 9.68. The lowest BCUT2D eigenvalue weighted by molar-refractivity contribution is -0.124. The summed E-state index contributed by atoms with van der Waals surface area (Å²) in [6, 6.07) is 5.11. The Hall–Kier alpha value is -2.45. The van der Waals surface area contributed by atoms with Crippen molar-refractivity contribution in [2.75, 3.05) is 43.2 Å². The number of nitrogens with zero attached hydrogens (tertiary/aromatic N) is 2. The Bertz CT molecular complexity index is 821. The van der Waals surface area contributed by atoms with E-state index in [1.165, 1.54) is 12.0 Å². The van der Waals surface area contributed by atoms with Crippen molar-refractivity contribution in [3.8, 4) is 0 Å². The van der Waals surface area contributed by atoms with Gasteiger partial charge in [-0.15, -0.1) is 0 Å². The zero-order valence-electron chi connectivity index (χ0n) is 15.6. The number of fused-ring (bicyclic) bond motifs is 5. The number of benzene rings is 1. The standard InChI is InChI=1S/C20H22N2O6/c1-26-20(25)12-10-11(2-3-13(12)21-6-8-27-9-7-21)22-18(23)16-14-4-5-15(28-14)17(16)19(22)24/h2-3,10,14-17H,4-9H2,1H3. The van der Waals surface area contributed by atoms with Crippen molar-refractivity contribution in [1.29, 1.82) is 0 Å². The van der Waals surface area contributed by atoms with Crippen LogP contribution in [0.4, 0.5) is 11.4 Å². The van der Waals surface area contributed by atoms with E-state index in [4.69, 9.17) is 14.2 Å². The van der Waals surface area contributed by atoms with Gasteiger partial charge in [0, 0.05) is 13.1 Å². The lowest BCUT2D eigenvalue weighted by atomic mass is 9.81. The molecule has 1 aromatic carbocycles. The van der Waals surface area contributed by atoms with Gasteiger partial charge in [-0.3, -0.25) is 9.59 Å². The fraction of sp³-hybridized carbons (Fsp3) is 0.550. The maximum atomic E-state index is 13.0. The molecular formula is C20H22N2O6. The van der Waals surface area contributed by atoms with Crippen molar-refractivity contribution in [2.24, 2.45) is 11.8 Å². The first-order valence-electron chi connectivity index (χ1n) is 9.68. The summed E-state index contributed by atoms with van der Waals surface area (Å²) in [7, 11) is 1.32. The van der Waals surface area contributed by atoms with Gasteiger partial charge in [0.15, 0.2) is 0 Å². The van der Waals surface area contributed by atoms with Crippen LogP contribution in [0.25, 0.3) is 0 Å². The minimum atomic E-state index is -0.494. The predicted octanol–water partition coefficient (Wildman–Crippen LogP) is 0.977. The lowest BCUT2D eigenvalue weighted by Gasteiger charge is -2.30. The first-order chi connectivity index (χ1) is 13.6. The molecule has 4 aliphatic heterocycles. The summed E-state index contributed by atoms with van der Waals surface area (Å²) < 4.78 is 16.1. The number of carbonyl (C=O) groups excluding carboxylic acids is 3. The van der Waals surface area contributed by atoms with Gasteiger partial charge in [-0.05, 0) is 31.0 Å². The highest BCUT2D eigenvalue weighted by Gasteiger charge is 2.62. The van der Waals surface area contributed by atoms with E-state index in [2.05, 4.69) is 4.90 Å². The quantitative estimate of drug-likeness (QED) is 0.565. The average Bonchev–Trinajstić information content (AvgIpc) is 3.41. The molecule has 0 radical (unpaired) electrons. The number of methoxy groups -OCH3 is 1. The van der Waals surface area contributed by atoms with E-state index in [1.807, 2.05) is 0 Å². The van der Waals surface area contributed by atoms with Crippen LogP contribution in [0.2, 0.25) is 0 Å². The van der Waals surface area contributed by atoms with Gasteiger partial charge in [-0.25, -0.2) is 9.69 Å². The SMILES string of the molecule is COC(=O)c1cc(N2C(=O)C3C4CCC(O4)C3C2=O)ccc1N1CCOCC1. The van der Waals surface area contributed by atoms with Crippen LogP contribution in [0.15, 0.2) is 18.2 Å². The molecule has 0 aliphatic carbocycles. The van der Waals surface area contributed by atoms with E-state index in [-0.39, 0.29) is 24.0 Å². The number of amides is 2. The molecule has 148 valence electrons. The van der Waals surface area contributed by atoms with Crippen LogP contribution in [-0.2, 0) is 23.8 Å². The van der Waals surface area contributed by atoms with Crippen LogP contribution in [0.1, 0.15) is 23.2 Å². The largest absolute Gasteiger partial charge is 0.465 e. The van der Waals surface area contributed by atoms with Crippen LogP contribution in [0.3, 0.4) is 0 Å². The van der Waals surface area contributed by atoms with Gasteiger partial charge in [0.1, 0.15) is 0 Å². The first kappa shape index (κ1) is 17.6. The van der Waals surface area contributed by atoms with Crippen molar-refractivity contribution >= 4 is 29.2 Å². The van der Waals surface area contributed by atoms with Crippen LogP contribution in [0, 0.1) is 11.8 Å². The van der Waals surface area contributed by atoms with E-state index in [0.29, 0.717) is 37.6 Å². The van der Waals surface area contributed by atoms with E-state index in [0.717, 1.165) is 18.5 Å². The smallest absolute Gasteiger partial charge is 0.340 e. The zero-order chi connectivity index (χ0) is 19.4.